The van der Waals surface area contributed by atoms with E-state index in [0.29, 0.717) is 17.1 Å². The predicted octanol–water partition coefficient (Wildman–Crippen LogP) is 3.92. The Morgan fingerprint density at radius 1 is 1.08 bits per heavy atom. The normalized spacial score (nSPS) is 10.3. The minimum absolute atomic E-state index is 0.108. The van der Waals surface area contributed by atoms with Crippen molar-refractivity contribution in [1.29, 1.82) is 0 Å². The van der Waals surface area contributed by atoms with E-state index < -0.39 is 0 Å². The van der Waals surface area contributed by atoms with Crippen molar-refractivity contribution in [3.8, 4) is 16.3 Å². The van der Waals surface area contributed by atoms with Crippen molar-refractivity contribution in [1.82, 2.24) is 4.98 Å². The Balaban J connectivity index is 1.59. The number of carbonyl (C=O) groups is 2. The number of rotatable bonds is 5. The topological polar surface area (TPSA) is 68.3 Å². The van der Waals surface area contributed by atoms with Gasteiger partial charge in [-0.05, 0) is 24.3 Å². The van der Waals surface area contributed by atoms with Gasteiger partial charge in [0.05, 0.1) is 12.1 Å². The number of nitrogens with zero attached hydrogens (tertiary/aromatic N) is 1. The van der Waals surface area contributed by atoms with Crippen LogP contribution in [0.4, 0.5) is 5.69 Å². The second kappa shape index (κ2) is 7.72. The lowest BCUT2D eigenvalue weighted by Crippen LogP contribution is -2.11. The van der Waals surface area contributed by atoms with Crippen LogP contribution in [0.25, 0.3) is 10.6 Å². The van der Waals surface area contributed by atoms with Crippen molar-refractivity contribution in [3.05, 3.63) is 65.7 Å². The molecule has 0 saturated heterocycles. The maximum atomic E-state index is 12.1. The van der Waals surface area contributed by atoms with E-state index in [4.69, 9.17) is 4.74 Å². The van der Waals surface area contributed by atoms with Crippen LogP contribution in [0.15, 0.2) is 60.0 Å². The molecule has 0 atom stereocenters. The first-order valence-corrected chi connectivity index (χ1v) is 8.56. The summed E-state index contributed by atoms with van der Waals surface area (Å²) in [6.07, 6.45) is 0.108. The lowest BCUT2D eigenvalue weighted by molar-refractivity contribution is -0.133. The molecule has 3 aromatic rings. The highest BCUT2D eigenvalue weighted by molar-refractivity contribution is 7.13. The molecule has 0 fully saturated rings. The zero-order chi connectivity index (χ0) is 17.6. The number of anilines is 1. The third-order valence-electron chi connectivity index (χ3n) is 3.30. The molecule has 1 heterocycles. The number of amides is 1. The highest BCUT2D eigenvalue weighted by atomic mass is 32.1. The maximum Gasteiger partial charge on any atom is 0.317 e. The van der Waals surface area contributed by atoms with Crippen LogP contribution in [0.3, 0.4) is 0 Å². The monoisotopic (exact) mass is 352 g/mol. The molecule has 3 rings (SSSR count). The zero-order valence-electron chi connectivity index (χ0n) is 13.6. The lowest BCUT2D eigenvalue weighted by Gasteiger charge is -2.05. The van der Waals surface area contributed by atoms with Gasteiger partial charge in [-0.15, -0.1) is 11.3 Å². The van der Waals surface area contributed by atoms with Gasteiger partial charge in [0.25, 0.3) is 0 Å². The number of thiazole rings is 1. The molecule has 2 aromatic carbocycles. The van der Waals surface area contributed by atoms with E-state index in [-0.39, 0.29) is 18.3 Å². The van der Waals surface area contributed by atoms with Gasteiger partial charge in [-0.25, -0.2) is 4.98 Å². The molecule has 0 radical (unpaired) electrons. The number of ether oxygens (including phenoxy) is 1. The quantitative estimate of drug-likeness (QED) is 0.558. The van der Waals surface area contributed by atoms with Crippen LogP contribution in [0.2, 0.25) is 0 Å². The Labute approximate surface area is 149 Å². The highest BCUT2D eigenvalue weighted by Gasteiger charge is 2.11. The molecule has 0 aliphatic heterocycles. The fourth-order valence-corrected chi connectivity index (χ4v) is 3.05. The van der Waals surface area contributed by atoms with Gasteiger partial charge in [-0.1, -0.05) is 30.3 Å². The van der Waals surface area contributed by atoms with Gasteiger partial charge >= 0.3 is 5.97 Å². The molecular formula is C19H16N2O3S. The summed E-state index contributed by atoms with van der Waals surface area (Å²) in [5, 5.41) is 5.40. The highest BCUT2D eigenvalue weighted by Crippen LogP contribution is 2.24. The summed E-state index contributed by atoms with van der Waals surface area (Å²) < 4.78 is 5.31. The molecule has 0 bridgehead atoms. The average Bonchev–Trinajstić information content (AvgIpc) is 3.05. The smallest absolute Gasteiger partial charge is 0.317 e. The average molecular weight is 352 g/mol. The van der Waals surface area contributed by atoms with Crippen LogP contribution in [-0.4, -0.2) is 16.9 Å². The Kier molecular flexibility index (Phi) is 5.20. The Hall–Kier alpha value is -2.99. The molecule has 5 nitrogen and oxygen atoms in total. The SMILES string of the molecule is CC(=O)Nc1ccc(OC(=O)Cc2csc(-c3ccccc3)n2)cc1. The van der Waals surface area contributed by atoms with Gasteiger partial charge in [0, 0.05) is 23.6 Å². The minimum Gasteiger partial charge on any atom is -0.426 e. The van der Waals surface area contributed by atoms with E-state index >= 15 is 0 Å². The molecule has 0 unspecified atom stereocenters. The third kappa shape index (κ3) is 4.74. The van der Waals surface area contributed by atoms with Crippen molar-refractivity contribution in [2.24, 2.45) is 0 Å². The molecule has 1 amide bonds. The van der Waals surface area contributed by atoms with Crippen LogP contribution >= 0.6 is 11.3 Å². The van der Waals surface area contributed by atoms with Gasteiger partial charge in [0.1, 0.15) is 10.8 Å². The lowest BCUT2D eigenvalue weighted by atomic mass is 10.2. The van der Waals surface area contributed by atoms with Crippen LogP contribution in [0.5, 0.6) is 5.75 Å². The van der Waals surface area contributed by atoms with Gasteiger partial charge in [-0.2, -0.15) is 0 Å². The van der Waals surface area contributed by atoms with Gasteiger partial charge < -0.3 is 10.1 Å². The summed E-state index contributed by atoms with van der Waals surface area (Å²) in [5.74, 6) is -0.0997. The van der Waals surface area contributed by atoms with E-state index in [1.54, 1.807) is 24.3 Å². The molecule has 1 N–H and O–H groups in total. The Bertz CT molecular complexity index is 873. The van der Waals surface area contributed by atoms with Gasteiger partial charge in [0.15, 0.2) is 0 Å². The first-order valence-electron chi connectivity index (χ1n) is 7.68. The number of hydrogen-bond acceptors (Lipinski definition) is 5. The van der Waals surface area contributed by atoms with Crippen molar-refractivity contribution in [3.63, 3.8) is 0 Å². The largest absolute Gasteiger partial charge is 0.426 e. The first kappa shape index (κ1) is 16.9. The van der Waals surface area contributed by atoms with Crippen molar-refractivity contribution in [2.45, 2.75) is 13.3 Å². The van der Waals surface area contributed by atoms with E-state index in [1.807, 2.05) is 35.7 Å². The fraction of sp³-hybridized carbons (Fsp3) is 0.105. The second-order valence-corrected chi connectivity index (χ2v) is 6.22. The Morgan fingerprint density at radius 3 is 2.48 bits per heavy atom. The molecule has 6 heteroatoms. The summed E-state index contributed by atoms with van der Waals surface area (Å²) in [6.45, 7) is 1.44. The van der Waals surface area contributed by atoms with Crippen molar-refractivity contribution >= 4 is 28.9 Å². The fourth-order valence-electron chi connectivity index (χ4n) is 2.23. The van der Waals surface area contributed by atoms with Crippen molar-refractivity contribution < 1.29 is 14.3 Å². The second-order valence-electron chi connectivity index (χ2n) is 5.37. The van der Waals surface area contributed by atoms with Crippen molar-refractivity contribution in [2.75, 3.05) is 5.32 Å². The predicted molar refractivity (Wildman–Crippen MR) is 97.6 cm³/mol. The third-order valence-corrected chi connectivity index (χ3v) is 4.24. The van der Waals surface area contributed by atoms with E-state index in [0.717, 1.165) is 10.6 Å². The van der Waals surface area contributed by atoms with E-state index in [9.17, 15) is 9.59 Å². The first-order chi connectivity index (χ1) is 12.1. The van der Waals surface area contributed by atoms with E-state index in [1.165, 1.54) is 18.3 Å². The summed E-state index contributed by atoms with van der Waals surface area (Å²) in [6, 6.07) is 16.5. The zero-order valence-corrected chi connectivity index (χ0v) is 14.4. The number of nitrogens with one attached hydrogen (secondary N) is 1. The van der Waals surface area contributed by atoms with Crippen LogP contribution < -0.4 is 10.1 Å². The molecule has 0 spiro atoms. The van der Waals surface area contributed by atoms with Crippen LogP contribution in [0, 0.1) is 0 Å². The molecule has 0 saturated carbocycles. The molecular weight excluding hydrogens is 336 g/mol. The van der Waals surface area contributed by atoms with Gasteiger partial charge in [-0.3, -0.25) is 9.59 Å². The summed E-state index contributed by atoms with van der Waals surface area (Å²) >= 11 is 1.50. The number of carbonyl (C=O) groups excluding carboxylic acids is 2. The summed E-state index contributed by atoms with van der Waals surface area (Å²) in [7, 11) is 0. The maximum absolute atomic E-state index is 12.1. The molecule has 0 aliphatic carbocycles. The van der Waals surface area contributed by atoms with Crippen LogP contribution in [-0.2, 0) is 16.0 Å². The molecule has 25 heavy (non-hydrogen) atoms. The molecule has 1 aromatic heterocycles. The van der Waals surface area contributed by atoms with Gasteiger partial charge in [0.2, 0.25) is 5.91 Å². The molecule has 0 aliphatic rings. The van der Waals surface area contributed by atoms with Crippen LogP contribution in [0.1, 0.15) is 12.6 Å². The summed E-state index contributed by atoms with van der Waals surface area (Å²) in [5.41, 5.74) is 2.36. The minimum atomic E-state index is -0.378. The Morgan fingerprint density at radius 2 is 1.80 bits per heavy atom. The number of benzene rings is 2. The number of esters is 1. The summed E-state index contributed by atoms with van der Waals surface area (Å²) in [4.78, 5) is 27.5. The number of hydrogen-bond donors (Lipinski definition) is 1. The number of aromatic nitrogens is 1. The molecule has 126 valence electrons. The standard InChI is InChI=1S/C19H16N2O3S/c1-13(22)20-15-7-9-17(10-8-15)24-18(23)11-16-12-25-19(21-16)14-5-3-2-4-6-14/h2-10,12H,11H2,1H3,(H,20,22). The van der Waals surface area contributed by atoms with E-state index in [2.05, 4.69) is 10.3 Å².